The third kappa shape index (κ3) is 5.10. The lowest BCUT2D eigenvalue weighted by Crippen LogP contribution is -2.41. The second-order valence-corrected chi connectivity index (χ2v) is 9.33. The molecule has 0 aliphatic carbocycles. The average Bonchev–Trinajstić information content (AvgIpc) is 3.31. The van der Waals surface area contributed by atoms with E-state index in [4.69, 9.17) is 21.4 Å². The van der Waals surface area contributed by atoms with Gasteiger partial charge in [0.05, 0.1) is 12.8 Å². The largest absolute Gasteiger partial charge is 0.497 e. The Kier molecular flexibility index (Phi) is 6.59. The maximum absolute atomic E-state index is 12.8. The maximum Gasteiger partial charge on any atom is 0.223 e. The van der Waals surface area contributed by atoms with E-state index in [0.29, 0.717) is 11.6 Å². The zero-order valence-corrected chi connectivity index (χ0v) is 20.6. The molecule has 1 aliphatic rings. The normalized spacial score (nSPS) is 14.3. The number of carbonyl (C=O) groups excluding carboxylic acids is 1. The van der Waals surface area contributed by atoms with Crippen molar-refractivity contribution in [3.05, 3.63) is 76.9 Å². The molecule has 5 rings (SSSR count). The number of fused-ring (bicyclic) bond motifs is 1. The first-order chi connectivity index (χ1) is 17.0. The lowest BCUT2D eigenvalue weighted by atomic mass is 9.95. The number of nitrogens with one attached hydrogen (secondary N) is 1. The van der Waals surface area contributed by atoms with Gasteiger partial charge in [-0.1, -0.05) is 23.7 Å². The summed E-state index contributed by atoms with van der Waals surface area (Å²) in [6, 6.07) is 19.5. The summed E-state index contributed by atoms with van der Waals surface area (Å²) < 4.78 is 7.18. The molecule has 180 valence electrons. The third-order valence-electron chi connectivity index (χ3n) is 6.47. The lowest BCUT2D eigenvalue weighted by Gasteiger charge is -2.33. The van der Waals surface area contributed by atoms with Crippen molar-refractivity contribution in [2.24, 2.45) is 5.92 Å². The molecule has 2 aromatic heterocycles. The van der Waals surface area contributed by atoms with E-state index in [-0.39, 0.29) is 11.8 Å². The van der Waals surface area contributed by atoms with E-state index in [1.165, 1.54) is 0 Å². The molecule has 3 heterocycles. The highest BCUT2D eigenvalue weighted by Crippen LogP contribution is 2.28. The van der Waals surface area contributed by atoms with Crippen molar-refractivity contribution >= 4 is 29.0 Å². The summed E-state index contributed by atoms with van der Waals surface area (Å²) in [4.78, 5) is 19.8. The number of rotatable bonds is 6. The zero-order chi connectivity index (χ0) is 24.4. The molecule has 1 N–H and O–H groups in total. The van der Waals surface area contributed by atoms with Gasteiger partial charge in [0.2, 0.25) is 5.91 Å². The van der Waals surface area contributed by atoms with E-state index >= 15 is 0 Å². The predicted octanol–water partition coefficient (Wildman–Crippen LogP) is 4.90. The van der Waals surface area contributed by atoms with Crippen LogP contribution in [0.1, 0.15) is 24.1 Å². The number of aromatic nitrogens is 3. The number of benzene rings is 2. The summed E-state index contributed by atoms with van der Waals surface area (Å²) in [7, 11) is 1.66. The van der Waals surface area contributed by atoms with Crippen LogP contribution in [0.2, 0.25) is 5.02 Å². The number of aryl methyl sites for hydroxylation is 1. The van der Waals surface area contributed by atoms with Gasteiger partial charge >= 0.3 is 0 Å². The van der Waals surface area contributed by atoms with Crippen LogP contribution in [0.4, 0.5) is 5.82 Å². The molecule has 1 saturated heterocycles. The maximum atomic E-state index is 12.8. The SMILES string of the molecule is COc1ccc(-c2cc3nc(C)cc(N4CCC(C(=O)NCc5cccc(Cl)c5)CC4)n3n2)cc1. The predicted molar refractivity (Wildman–Crippen MR) is 138 cm³/mol. The van der Waals surface area contributed by atoms with E-state index in [9.17, 15) is 4.79 Å². The highest BCUT2D eigenvalue weighted by atomic mass is 35.5. The Balaban J connectivity index is 1.28. The summed E-state index contributed by atoms with van der Waals surface area (Å²) in [5.74, 6) is 1.91. The summed E-state index contributed by atoms with van der Waals surface area (Å²) in [5.41, 5.74) is 4.63. The minimum atomic E-state index is -0.00339. The topological polar surface area (TPSA) is 71.8 Å². The number of methoxy groups -OCH3 is 1. The van der Waals surface area contributed by atoms with Crippen molar-refractivity contribution in [2.75, 3.05) is 25.1 Å². The number of carbonyl (C=O) groups is 1. The Bertz CT molecular complexity index is 1340. The van der Waals surface area contributed by atoms with E-state index in [2.05, 4.69) is 21.3 Å². The second kappa shape index (κ2) is 9.96. The Hall–Kier alpha value is -3.58. The van der Waals surface area contributed by atoms with Crippen LogP contribution in [-0.2, 0) is 11.3 Å². The van der Waals surface area contributed by atoms with E-state index in [1.54, 1.807) is 7.11 Å². The monoisotopic (exact) mass is 489 g/mol. The molecule has 0 bridgehead atoms. The summed E-state index contributed by atoms with van der Waals surface area (Å²) in [5, 5.41) is 8.61. The van der Waals surface area contributed by atoms with Crippen LogP contribution in [0.15, 0.2) is 60.7 Å². The number of anilines is 1. The van der Waals surface area contributed by atoms with Gasteiger partial charge in [-0.25, -0.2) is 4.98 Å². The molecule has 4 aromatic rings. The molecule has 0 unspecified atom stereocenters. The molecule has 1 fully saturated rings. The van der Waals surface area contributed by atoms with Gasteiger partial charge in [-0.15, -0.1) is 0 Å². The van der Waals surface area contributed by atoms with Gasteiger partial charge in [0.1, 0.15) is 11.6 Å². The van der Waals surface area contributed by atoms with Crippen molar-refractivity contribution in [1.82, 2.24) is 19.9 Å². The number of hydrogen-bond donors (Lipinski definition) is 1. The summed E-state index contributed by atoms with van der Waals surface area (Å²) >= 11 is 6.05. The average molecular weight is 490 g/mol. The van der Waals surface area contributed by atoms with Crippen molar-refractivity contribution in [1.29, 1.82) is 0 Å². The minimum Gasteiger partial charge on any atom is -0.497 e. The fourth-order valence-corrected chi connectivity index (χ4v) is 4.77. The minimum absolute atomic E-state index is 0.00339. The zero-order valence-electron chi connectivity index (χ0n) is 19.9. The van der Waals surface area contributed by atoms with Gasteiger partial charge in [0, 0.05) is 54.0 Å². The molecule has 2 aromatic carbocycles. The smallest absolute Gasteiger partial charge is 0.223 e. The van der Waals surface area contributed by atoms with Crippen LogP contribution in [-0.4, -0.2) is 40.7 Å². The van der Waals surface area contributed by atoms with Crippen molar-refractivity contribution < 1.29 is 9.53 Å². The van der Waals surface area contributed by atoms with Crippen LogP contribution in [0.25, 0.3) is 16.9 Å². The number of amides is 1. The van der Waals surface area contributed by atoms with Gasteiger partial charge in [0.25, 0.3) is 0 Å². The van der Waals surface area contributed by atoms with Crippen LogP contribution in [0.3, 0.4) is 0 Å². The van der Waals surface area contributed by atoms with Gasteiger partial charge in [0.15, 0.2) is 5.65 Å². The molecule has 7 nitrogen and oxygen atoms in total. The molecular weight excluding hydrogens is 462 g/mol. The first-order valence-corrected chi connectivity index (χ1v) is 12.2. The molecule has 0 saturated carbocycles. The molecule has 0 atom stereocenters. The lowest BCUT2D eigenvalue weighted by molar-refractivity contribution is -0.125. The highest BCUT2D eigenvalue weighted by Gasteiger charge is 2.26. The van der Waals surface area contributed by atoms with Gasteiger partial charge in [-0.05, 0) is 61.7 Å². The van der Waals surface area contributed by atoms with E-state index in [0.717, 1.165) is 65.7 Å². The highest BCUT2D eigenvalue weighted by molar-refractivity contribution is 6.30. The first kappa shape index (κ1) is 23.2. The molecule has 35 heavy (non-hydrogen) atoms. The molecule has 1 aliphatic heterocycles. The summed E-state index contributed by atoms with van der Waals surface area (Å²) in [6.07, 6.45) is 1.58. The number of halogens is 1. The standard InChI is InChI=1S/C27H28ClN5O2/c1-18-14-26(33-25(30-18)16-24(31-33)20-6-8-23(35-2)9-7-20)32-12-10-21(11-13-32)27(34)29-17-19-4-3-5-22(28)15-19/h3-9,14-16,21H,10-13,17H2,1-2H3,(H,29,34). The molecule has 8 heteroatoms. The van der Waals surface area contributed by atoms with Crippen LogP contribution in [0.5, 0.6) is 5.75 Å². The first-order valence-electron chi connectivity index (χ1n) is 11.8. The Labute approximate surface area is 209 Å². The number of nitrogens with zero attached hydrogens (tertiary/aromatic N) is 4. The number of hydrogen-bond acceptors (Lipinski definition) is 5. The van der Waals surface area contributed by atoms with E-state index < -0.39 is 0 Å². The van der Waals surface area contributed by atoms with Gasteiger partial charge < -0.3 is 15.0 Å². The third-order valence-corrected chi connectivity index (χ3v) is 6.70. The molecule has 1 amide bonds. The van der Waals surface area contributed by atoms with Gasteiger partial charge in [-0.2, -0.15) is 9.61 Å². The van der Waals surface area contributed by atoms with Crippen molar-refractivity contribution in [3.8, 4) is 17.0 Å². The number of piperidine rings is 1. The molecular formula is C27H28ClN5O2. The Morgan fingerprint density at radius 2 is 1.89 bits per heavy atom. The van der Waals surface area contributed by atoms with E-state index in [1.807, 2.05) is 66.0 Å². The quantitative estimate of drug-likeness (QED) is 0.417. The van der Waals surface area contributed by atoms with Crippen LogP contribution < -0.4 is 15.0 Å². The fraction of sp³-hybridized carbons (Fsp3) is 0.296. The summed E-state index contributed by atoms with van der Waals surface area (Å²) in [6.45, 7) is 4.06. The van der Waals surface area contributed by atoms with Crippen molar-refractivity contribution in [2.45, 2.75) is 26.3 Å². The molecule has 0 spiro atoms. The fourth-order valence-electron chi connectivity index (χ4n) is 4.56. The second-order valence-electron chi connectivity index (χ2n) is 8.89. The Morgan fingerprint density at radius 1 is 1.11 bits per heavy atom. The van der Waals surface area contributed by atoms with Gasteiger partial charge in [-0.3, -0.25) is 4.79 Å². The molecule has 0 radical (unpaired) electrons. The van der Waals surface area contributed by atoms with Crippen LogP contribution in [0, 0.1) is 12.8 Å². The van der Waals surface area contributed by atoms with Crippen molar-refractivity contribution in [3.63, 3.8) is 0 Å². The number of ether oxygens (including phenoxy) is 1. The van der Waals surface area contributed by atoms with Crippen LogP contribution >= 0.6 is 11.6 Å². The Morgan fingerprint density at radius 3 is 2.60 bits per heavy atom.